The molecule has 4 rings (SSSR count). The number of benzene rings is 3. The van der Waals surface area contributed by atoms with Crippen LogP contribution in [0.15, 0.2) is 83.4 Å². The normalized spacial score (nSPS) is 11.5. The zero-order valence-corrected chi connectivity index (χ0v) is 20.5. The third-order valence-electron chi connectivity index (χ3n) is 5.76. The molecule has 0 bridgehead atoms. The predicted molar refractivity (Wildman–Crippen MR) is 137 cm³/mol. The Labute approximate surface area is 210 Å². The van der Waals surface area contributed by atoms with E-state index in [-0.39, 0.29) is 12.4 Å². The van der Waals surface area contributed by atoms with Gasteiger partial charge in [0, 0.05) is 5.56 Å². The molecule has 1 atom stereocenters. The summed E-state index contributed by atoms with van der Waals surface area (Å²) in [6.07, 6.45) is -0.808. The summed E-state index contributed by atoms with van der Waals surface area (Å²) in [4.78, 5) is 24.6. The van der Waals surface area contributed by atoms with E-state index in [1.54, 1.807) is 13.8 Å². The second kappa shape index (κ2) is 11.4. The number of nitrogens with zero attached hydrogens (tertiary/aromatic N) is 1. The second-order valence-corrected chi connectivity index (χ2v) is 8.27. The zero-order chi connectivity index (χ0) is 25.5. The number of esters is 1. The van der Waals surface area contributed by atoms with Gasteiger partial charge < -0.3 is 14.0 Å². The van der Waals surface area contributed by atoms with Crippen molar-refractivity contribution in [3.05, 3.63) is 95.7 Å². The van der Waals surface area contributed by atoms with Gasteiger partial charge in [-0.15, -0.1) is 0 Å². The number of rotatable bonds is 8. The molecular weight excluding hydrogens is 456 g/mol. The molecule has 0 spiro atoms. The molecule has 0 unspecified atom stereocenters. The first-order valence-corrected chi connectivity index (χ1v) is 11.8. The quantitative estimate of drug-likeness (QED) is 0.279. The van der Waals surface area contributed by atoms with Crippen molar-refractivity contribution >= 4 is 17.7 Å². The van der Waals surface area contributed by atoms with Crippen molar-refractivity contribution in [2.24, 2.45) is 0 Å². The van der Waals surface area contributed by atoms with E-state index in [9.17, 15) is 9.59 Å². The molecule has 1 aromatic heterocycles. The van der Waals surface area contributed by atoms with Crippen molar-refractivity contribution in [3.8, 4) is 22.5 Å². The minimum Gasteiger partial charge on any atom is -0.466 e. The van der Waals surface area contributed by atoms with Gasteiger partial charge in [0.15, 0.2) is 5.76 Å². The van der Waals surface area contributed by atoms with Crippen LogP contribution in [0.1, 0.15) is 36.8 Å². The monoisotopic (exact) mass is 484 g/mol. The molecule has 36 heavy (non-hydrogen) atoms. The molecule has 7 heteroatoms. The third-order valence-corrected chi connectivity index (χ3v) is 5.76. The van der Waals surface area contributed by atoms with Crippen molar-refractivity contribution in [2.45, 2.75) is 33.3 Å². The van der Waals surface area contributed by atoms with Gasteiger partial charge in [-0.3, -0.25) is 10.1 Å². The molecule has 0 saturated carbocycles. The van der Waals surface area contributed by atoms with E-state index in [4.69, 9.17) is 14.0 Å². The van der Waals surface area contributed by atoms with Crippen molar-refractivity contribution < 1.29 is 23.6 Å². The average Bonchev–Trinajstić information content (AvgIpc) is 3.24. The van der Waals surface area contributed by atoms with Crippen molar-refractivity contribution in [1.29, 1.82) is 0 Å². The number of carbonyl (C=O) groups is 2. The highest BCUT2D eigenvalue weighted by molar-refractivity contribution is 5.91. The van der Waals surface area contributed by atoms with E-state index in [2.05, 4.69) is 10.5 Å². The molecule has 3 aromatic carbocycles. The Bertz CT molecular complexity index is 1330. The molecule has 7 nitrogen and oxygen atoms in total. The van der Waals surface area contributed by atoms with Crippen LogP contribution in [0.3, 0.4) is 0 Å². The van der Waals surface area contributed by atoms with Crippen LogP contribution in [0.4, 0.5) is 10.5 Å². The van der Waals surface area contributed by atoms with Crippen LogP contribution in [0.25, 0.3) is 22.5 Å². The van der Waals surface area contributed by atoms with Gasteiger partial charge in [0.1, 0.15) is 17.5 Å². The van der Waals surface area contributed by atoms with Crippen LogP contribution >= 0.6 is 0 Å². The molecule has 184 valence electrons. The highest BCUT2D eigenvalue weighted by Gasteiger charge is 2.20. The van der Waals surface area contributed by atoms with E-state index < -0.39 is 12.2 Å². The molecule has 1 amide bonds. The van der Waals surface area contributed by atoms with Gasteiger partial charge in [-0.2, -0.15) is 0 Å². The van der Waals surface area contributed by atoms with Gasteiger partial charge in [-0.25, -0.2) is 4.79 Å². The lowest BCUT2D eigenvalue weighted by molar-refractivity contribution is -0.142. The fourth-order valence-corrected chi connectivity index (χ4v) is 3.92. The van der Waals surface area contributed by atoms with E-state index >= 15 is 0 Å². The minimum absolute atomic E-state index is 0.199. The number of aromatic nitrogens is 1. The highest BCUT2D eigenvalue weighted by atomic mass is 16.6. The number of hydrogen-bond donors (Lipinski definition) is 1. The Morgan fingerprint density at radius 1 is 0.944 bits per heavy atom. The number of anilines is 1. The lowest BCUT2D eigenvalue weighted by Gasteiger charge is -2.14. The first-order valence-electron chi connectivity index (χ1n) is 11.8. The van der Waals surface area contributed by atoms with Crippen molar-refractivity contribution in [1.82, 2.24) is 5.16 Å². The second-order valence-electron chi connectivity index (χ2n) is 8.27. The largest absolute Gasteiger partial charge is 0.466 e. The summed E-state index contributed by atoms with van der Waals surface area (Å²) in [6.45, 7) is 5.71. The molecule has 1 N–H and O–H groups in total. The Morgan fingerprint density at radius 3 is 2.33 bits per heavy atom. The lowest BCUT2D eigenvalue weighted by atomic mass is 9.96. The standard InChI is InChI=1S/C29H28N2O5/c1-4-34-26(32)18-24-12-8-9-13-25(24)22-14-16-23(17-15-22)28-27(19(2)31-36-28)30-29(33)35-20(3)21-10-6-5-7-11-21/h5-17,20H,4,18H2,1-3H3,(H,30,33)/t20-/m1/s1. The van der Waals surface area contributed by atoms with Gasteiger partial charge in [-0.1, -0.05) is 84.0 Å². The predicted octanol–water partition coefficient (Wildman–Crippen LogP) is 6.73. The molecule has 0 aliphatic rings. The van der Waals surface area contributed by atoms with Crippen LogP contribution in [0.2, 0.25) is 0 Å². The van der Waals surface area contributed by atoms with E-state index in [0.29, 0.717) is 23.7 Å². The highest BCUT2D eigenvalue weighted by Crippen LogP contribution is 2.33. The maximum absolute atomic E-state index is 12.6. The molecule has 0 aliphatic heterocycles. The fourth-order valence-electron chi connectivity index (χ4n) is 3.92. The summed E-state index contributed by atoms with van der Waals surface area (Å²) < 4.78 is 16.2. The summed E-state index contributed by atoms with van der Waals surface area (Å²) in [5.41, 5.74) is 5.41. The molecule has 1 heterocycles. The van der Waals surface area contributed by atoms with Gasteiger partial charge in [0.25, 0.3) is 0 Å². The maximum atomic E-state index is 12.6. The summed E-state index contributed by atoms with van der Waals surface area (Å²) in [5.74, 6) is 0.172. The number of nitrogens with one attached hydrogen (secondary N) is 1. The van der Waals surface area contributed by atoms with Crippen LogP contribution in [-0.4, -0.2) is 23.8 Å². The maximum Gasteiger partial charge on any atom is 0.412 e. The molecule has 4 aromatic rings. The molecule has 0 saturated heterocycles. The Morgan fingerprint density at radius 2 is 1.61 bits per heavy atom. The lowest BCUT2D eigenvalue weighted by Crippen LogP contribution is -2.16. The number of carbonyl (C=O) groups excluding carboxylic acids is 2. The molecular formula is C29H28N2O5. The Kier molecular flexibility index (Phi) is 7.80. The summed E-state index contributed by atoms with van der Waals surface area (Å²) in [5, 5.41) is 6.81. The van der Waals surface area contributed by atoms with Crippen LogP contribution < -0.4 is 5.32 Å². The first-order chi connectivity index (χ1) is 17.5. The summed E-state index contributed by atoms with van der Waals surface area (Å²) >= 11 is 0. The van der Waals surface area contributed by atoms with Crippen LogP contribution in [0, 0.1) is 6.92 Å². The fraction of sp³-hybridized carbons (Fsp3) is 0.207. The smallest absolute Gasteiger partial charge is 0.412 e. The van der Waals surface area contributed by atoms with Gasteiger partial charge in [0.05, 0.1) is 13.0 Å². The summed E-state index contributed by atoms with van der Waals surface area (Å²) in [6, 6.07) is 24.9. The van der Waals surface area contributed by atoms with Crippen molar-refractivity contribution in [2.75, 3.05) is 11.9 Å². The van der Waals surface area contributed by atoms with E-state index in [1.165, 1.54) is 0 Å². The Hall–Kier alpha value is -4.39. The van der Waals surface area contributed by atoms with Crippen LogP contribution in [0.5, 0.6) is 0 Å². The SMILES string of the molecule is CCOC(=O)Cc1ccccc1-c1ccc(-c2onc(C)c2NC(=O)O[C@H](C)c2ccccc2)cc1. The van der Waals surface area contributed by atoms with E-state index in [1.807, 2.05) is 85.8 Å². The first kappa shape index (κ1) is 24.7. The van der Waals surface area contributed by atoms with Gasteiger partial charge in [0.2, 0.25) is 0 Å². The molecule has 0 radical (unpaired) electrons. The number of hydrogen-bond acceptors (Lipinski definition) is 6. The number of amides is 1. The zero-order valence-electron chi connectivity index (χ0n) is 20.5. The number of ether oxygens (including phenoxy) is 2. The molecule has 0 aliphatic carbocycles. The van der Waals surface area contributed by atoms with Gasteiger partial charge in [-0.05, 0) is 43.0 Å². The number of aryl methyl sites for hydroxylation is 1. The third kappa shape index (κ3) is 5.81. The van der Waals surface area contributed by atoms with Crippen molar-refractivity contribution in [3.63, 3.8) is 0 Å². The summed E-state index contributed by atoms with van der Waals surface area (Å²) in [7, 11) is 0. The minimum atomic E-state index is -0.594. The topological polar surface area (TPSA) is 90.7 Å². The van der Waals surface area contributed by atoms with Gasteiger partial charge >= 0.3 is 12.1 Å². The average molecular weight is 485 g/mol. The Balaban J connectivity index is 1.51. The van der Waals surface area contributed by atoms with Crippen LogP contribution in [-0.2, 0) is 20.7 Å². The van der Waals surface area contributed by atoms with E-state index in [0.717, 1.165) is 27.8 Å². The molecule has 0 fully saturated rings.